The van der Waals surface area contributed by atoms with Crippen LogP contribution in [0.2, 0.25) is 0 Å². The molecule has 3 N–H and O–H groups in total. The maximum absolute atomic E-state index is 11.9. The van der Waals surface area contributed by atoms with Crippen molar-refractivity contribution < 1.29 is 19.8 Å². The lowest BCUT2D eigenvalue weighted by Gasteiger charge is -2.06. The zero-order valence-corrected chi connectivity index (χ0v) is 9.83. The molecule has 2 rings (SSSR count). The number of carboxylic acid groups (broad SMARTS) is 1. The summed E-state index contributed by atoms with van der Waals surface area (Å²) in [5.41, 5.74) is 0.753. The molecule has 96 valence electrons. The van der Waals surface area contributed by atoms with Gasteiger partial charge >= 0.3 is 5.97 Å². The minimum absolute atomic E-state index is 0.109. The number of carboxylic acids is 1. The fraction of sp³-hybridized carbons (Fsp3) is 0. The van der Waals surface area contributed by atoms with Gasteiger partial charge in [-0.05, 0) is 36.4 Å². The van der Waals surface area contributed by atoms with Gasteiger partial charge in [-0.2, -0.15) is 0 Å². The molecule has 2 aromatic carbocycles. The highest BCUT2D eigenvalue weighted by Crippen LogP contribution is 2.18. The number of amides is 1. The van der Waals surface area contributed by atoms with Crippen LogP contribution in [0.25, 0.3) is 0 Å². The molecule has 0 saturated heterocycles. The second-order valence-electron chi connectivity index (χ2n) is 3.85. The van der Waals surface area contributed by atoms with Crippen LogP contribution in [0.15, 0.2) is 48.5 Å². The third-order valence-electron chi connectivity index (χ3n) is 2.54. The summed E-state index contributed by atoms with van der Waals surface area (Å²) in [4.78, 5) is 22.5. The Balaban J connectivity index is 2.15. The summed E-state index contributed by atoms with van der Waals surface area (Å²) < 4.78 is 0. The lowest BCUT2D eigenvalue weighted by Crippen LogP contribution is -2.12. The summed E-state index contributed by atoms with van der Waals surface area (Å²) in [5, 5.41) is 20.9. The molecule has 0 bridgehead atoms. The van der Waals surface area contributed by atoms with Crippen molar-refractivity contribution in [2.24, 2.45) is 0 Å². The Morgan fingerprint density at radius 2 is 1.58 bits per heavy atom. The highest BCUT2D eigenvalue weighted by Gasteiger charge is 2.10. The third-order valence-corrected chi connectivity index (χ3v) is 2.54. The van der Waals surface area contributed by atoms with E-state index in [2.05, 4.69) is 5.32 Å². The molecule has 0 saturated carbocycles. The number of benzene rings is 2. The van der Waals surface area contributed by atoms with E-state index in [1.165, 1.54) is 36.4 Å². The van der Waals surface area contributed by atoms with E-state index in [0.29, 0.717) is 5.69 Å². The Bertz CT molecular complexity index is 620. The molecule has 1 amide bonds. The third kappa shape index (κ3) is 2.90. The van der Waals surface area contributed by atoms with Gasteiger partial charge in [0, 0.05) is 5.69 Å². The molecule has 0 heterocycles. The van der Waals surface area contributed by atoms with Crippen molar-refractivity contribution in [3.8, 4) is 5.75 Å². The van der Waals surface area contributed by atoms with Crippen molar-refractivity contribution in [3.63, 3.8) is 0 Å². The monoisotopic (exact) mass is 257 g/mol. The quantitative estimate of drug-likeness (QED) is 0.787. The highest BCUT2D eigenvalue weighted by molar-refractivity contribution is 6.06. The molecule has 0 spiro atoms. The van der Waals surface area contributed by atoms with Crippen LogP contribution in [0, 0.1) is 0 Å². The summed E-state index contributed by atoms with van der Waals surface area (Å²) in [7, 11) is 0. The summed E-state index contributed by atoms with van der Waals surface area (Å²) in [6, 6.07) is 11.9. The SMILES string of the molecule is O=C(O)c1ccc(NC(=O)c2ccccc2O)cc1. The van der Waals surface area contributed by atoms with Gasteiger partial charge < -0.3 is 15.5 Å². The first kappa shape index (κ1) is 12.6. The van der Waals surface area contributed by atoms with Gasteiger partial charge in [-0.1, -0.05) is 12.1 Å². The van der Waals surface area contributed by atoms with Crippen LogP contribution in [-0.2, 0) is 0 Å². The maximum atomic E-state index is 11.9. The summed E-state index contributed by atoms with van der Waals surface area (Å²) in [6.45, 7) is 0. The first-order valence-electron chi connectivity index (χ1n) is 5.50. The molecule has 5 heteroatoms. The van der Waals surface area contributed by atoms with Gasteiger partial charge in [0.25, 0.3) is 5.91 Å². The van der Waals surface area contributed by atoms with Crippen molar-refractivity contribution in [1.29, 1.82) is 0 Å². The van der Waals surface area contributed by atoms with Gasteiger partial charge in [-0.15, -0.1) is 0 Å². The lowest BCUT2D eigenvalue weighted by molar-refractivity contribution is 0.0696. The molecule has 0 aliphatic heterocycles. The number of anilines is 1. The van der Waals surface area contributed by atoms with E-state index in [4.69, 9.17) is 5.11 Å². The zero-order valence-electron chi connectivity index (χ0n) is 9.83. The Labute approximate surface area is 109 Å². The van der Waals surface area contributed by atoms with E-state index in [-0.39, 0.29) is 16.9 Å². The molecular weight excluding hydrogens is 246 g/mol. The molecule has 2 aromatic rings. The number of aromatic hydroxyl groups is 1. The zero-order chi connectivity index (χ0) is 13.8. The van der Waals surface area contributed by atoms with Crippen molar-refractivity contribution in [3.05, 3.63) is 59.7 Å². The molecule has 0 atom stereocenters. The average molecular weight is 257 g/mol. The Morgan fingerprint density at radius 1 is 0.947 bits per heavy atom. The molecule has 19 heavy (non-hydrogen) atoms. The topological polar surface area (TPSA) is 86.6 Å². The fourth-order valence-electron chi connectivity index (χ4n) is 1.56. The minimum Gasteiger partial charge on any atom is -0.507 e. The molecular formula is C14H11NO4. The van der Waals surface area contributed by atoms with Gasteiger partial charge in [0.15, 0.2) is 0 Å². The lowest BCUT2D eigenvalue weighted by atomic mass is 10.1. The van der Waals surface area contributed by atoms with E-state index < -0.39 is 11.9 Å². The summed E-state index contributed by atoms with van der Waals surface area (Å²) >= 11 is 0. The molecule has 0 aromatic heterocycles. The number of hydrogen-bond acceptors (Lipinski definition) is 3. The van der Waals surface area contributed by atoms with Crippen molar-refractivity contribution >= 4 is 17.6 Å². The standard InChI is InChI=1S/C14H11NO4/c16-12-4-2-1-3-11(12)13(17)15-10-7-5-9(6-8-10)14(18)19/h1-8,16H,(H,15,17)(H,18,19). The van der Waals surface area contributed by atoms with Crippen LogP contribution in [0.3, 0.4) is 0 Å². The van der Waals surface area contributed by atoms with E-state index in [1.54, 1.807) is 12.1 Å². The number of rotatable bonds is 3. The maximum Gasteiger partial charge on any atom is 0.335 e. The van der Waals surface area contributed by atoms with E-state index in [1.807, 2.05) is 0 Å². The first-order valence-corrected chi connectivity index (χ1v) is 5.50. The summed E-state index contributed by atoms with van der Waals surface area (Å²) in [5.74, 6) is -1.60. The van der Waals surface area contributed by atoms with E-state index >= 15 is 0 Å². The van der Waals surface area contributed by atoms with Crippen LogP contribution in [0.4, 0.5) is 5.69 Å². The second-order valence-corrected chi connectivity index (χ2v) is 3.85. The second kappa shape index (κ2) is 5.22. The van der Waals surface area contributed by atoms with E-state index in [0.717, 1.165) is 0 Å². The van der Waals surface area contributed by atoms with Crippen LogP contribution in [-0.4, -0.2) is 22.1 Å². The van der Waals surface area contributed by atoms with Crippen molar-refractivity contribution in [2.45, 2.75) is 0 Å². The average Bonchev–Trinajstić information content (AvgIpc) is 2.39. The molecule has 0 radical (unpaired) electrons. The minimum atomic E-state index is -1.03. The number of hydrogen-bond donors (Lipinski definition) is 3. The number of para-hydroxylation sites is 1. The number of nitrogens with one attached hydrogen (secondary N) is 1. The van der Waals surface area contributed by atoms with Gasteiger partial charge in [0.1, 0.15) is 5.75 Å². The number of phenolic OH excluding ortho intramolecular Hbond substituents is 1. The fourth-order valence-corrected chi connectivity index (χ4v) is 1.56. The first-order chi connectivity index (χ1) is 9.08. The normalized spacial score (nSPS) is 9.89. The van der Waals surface area contributed by atoms with Crippen LogP contribution >= 0.6 is 0 Å². The number of aromatic carboxylic acids is 1. The Morgan fingerprint density at radius 3 is 2.16 bits per heavy atom. The highest BCUT2D eigenvalue weighted by atomic mass is 16.4. The predicted octanol–water partition coefficient (Wildman–Crippen LogP) is 2.34. The van der Waals surface area contributed by atoms with Gasteiger partial charge in [0.2, 0.25) is 0 Å². The Kier molecular flexibility index (Phi) is 3.47. The molecule has 0 aliphatic rings. The molecule has 0 fully saturated rings. The van der Waals surface area contributed by atoms with Crippen molar-refractivity contribution in [1.82, 2.24) is 0 Å². The van der Waals surface area contributed by atoms with Crippen LogP contribution < -0.4 is 5.32 Å². The molecule has 0 unspecified atom stereocenters. The van der Waals surface area contributed by atoms with E-state index in [9.17, 15) is 14.7 Å². The van der Waals surface area contributed by atoms with Gasteiger partial charge in [-0.25, -0.2) is 4.79 Å². The van der Waals surface area contributed by atoms with Gasteiger partial charge in [-0.3, -0.25) is 4.79 Å². The predicted molar refractivity (Wildman–Crippen MR) is 69.5 cm³/mol. The Hall–Kier alpha value is -2.82. The number of carbonyl (C=O) groups excluding carboxylic acids is 1. The summed E-state index contributed by atoms with van der Waals surface area (Å²) in [6.07, 6.45) is 0. The van der Waals surface area contributed by atoms with Crippen LogP contribution in [0.1, 0.15) is 20.7 Å². The van der Waals surface area contributed by atoms with Crippen molar-refractivity contribution in [2.75, 3.05) is 5.32 Å². The number of carbonyl (C=O) groups is 2. The smallest absolute Gasteiger partial charge is 0.335 e. The number of phenols is 1. The molecule has 5 nitrogen and oxygen atoms in total. The molecule has 0 aliphatic carbocycles. The van der Waals surface area contributed by atoms with Crippen LogP contribution in [0.5, 0.6) is 5.75 Å². The van der Waals surface area contributed by atoms with Gasteiger partial charge in [0.05, 0.1) is 11.1 Å². The largest absolute Gasteiger partial charge is 0.507 e.